The van der Waals surface area contributed by atoms with Crippen LogP contribution in [-0.4, -0.2) is 52.4 Å². The van der Waals surface area contributed by atoms with Gasteiger partial charge in [0, 0.05) is 24.9 Å². The van der Waals surface area contributed by atoms with Crippen LogP contribution in [0.5, 0.6) is 11.5 Å². The normalized spacial score (nSPS) is 23.1. The smallest absolute Gasteiger partial charge is 0.221 e. The van der Waals surface area contributed by atoms with Crippen LogP contribution in [0.1, 0.15) is 26.2 Å². The third kappa shape index (κ3) is 4.67. The molecule has 0 aromatic heterocycles. The minimum absolute atomic E-state index is 0.0482. The summed E-state index contributed by atoms with van der Waals surface area (Å²) in [5.74, 6) is 0.890. The molecule has 144 valence electrons. The van der Waals surface area contributed by atoms with E-state index in [1.54, 1.807) is 6.07 Å². The number of rotatable bonds is 5. The predicted octanol–water partition coefficient (Wildman–Crippen LogP) is 1.13. The largest absolute Gasteiger partial charge is 0.490 e. The quantitative estimate of drug-likeness (QED) is 0.793. The minimum Gasteiger partial charge on any atom is -0.490 e. The fourth-order valence-corrected chi connectivity index (χ4v) is 4.44. The zero-order valence-corrected chi connectivity index (χ0v) is 15.8. The molecular weight excluding hydrogens is 356 g/mol. The number of ether oxygens (including phenoxy) is 2. The predicted molar refractivity (Wildman–Crippen MR) is 97.3 cm³/mol. The summed E-state index contributed by atoms with van der Waals surface area (Å²) in [6, 6.07) is 4.72. The first-order chi connectivity index (χ1) is 12.5. The molecule has 2 aliphatic rings. The van der Waals surface area contributed by atoms with Crippen molar-refractivity contribution in [3.05, 3.63) is 18.2 Å². The molecule has 26 heavy (non-hydrogen) atoms. The van der Waals surface area contributed by atoms with Crippen molar-refractivity contribution < 1.29 is 22.7 Å². The van der Waals surface area contributed by atoms with E-state index in [1.807, 2.05) is 0 Å². The fourth-order valence-electron chi connectivity index (χ4n) is 3.19. The van der Waals surface area contributed by atoms with Crippen molar-refractivity contribution in [3.8, 4) is 11.5 Å². The second kappa shape index (κ2) is 8.26. The molecule has 1 aromatic carbocycles. The van der Waals surface area contributed by atoms with Gasteiger partial charge < -0.3 is 20.1 Å². The van der Waals surface area contributed by atoms with Gasteiger partial charge in [-0.15, -0.1) is 0 Å². The molecule has 1 fully saturated rings. The Labute approximate surface area is 154 Å². The van der Waals surface area contributed by atoms with Crippen LogP contribution in [0.2, 0.25) is 0 Å². The van der Waals surface area contributed by atoms with Gasteiger partial charge in [-0.2, -0.15) is 0 Å². The van der Waals surface area contributed by atoms with Crippen LogP contribution in [-0.2, 0) is 14.6 Å². The second-order valence-electron chi connectivity index (χ2n) is 6.87. The van der Waals surface area contributed by atoms with Crippen LogP contribution in [0.25, 0.3) is 0 Å². The molecule has 0 radical (unpaired) electrons. The van der Waals surface area contributed by atoms with Crippen molar-refractivity contribution in [1.82, 2.24) is 10.6 Å². The summed E-state index contributed by atoms with van der Waals surface area (Å²) in [4.78, 5) is 12.3. The van der Waals surface area contributed by atoms with E-state index in [-0.39, 0.29) is 29.0 Å². The zero-order valence-electron chi connectivity index (χ0n) is 15.0. The minimum atomic E-state index is -3.56. The molecule has 1 amide bonds. The number of fused-ring (bicyclic) bond motifs is 1. The van der Waals surface area contributed by atoms with Crippen molar-refractivity contribution >= 4 is 15.7 Å². The summed E-state index contributed by atoms with van der Waals surface area (Å²) in [6.45, 7) is 4.85. The summed E-state index contributed by atoms with van der Waals surface area (Å²) in [5.41, 5.74) is 0. The maximum Gasteiger partial charge on any atom is 0.221 e. The van der Waals surface area contributed by atoms with Gasteiger partial charge in [0.15, 0.2) is 21.3 Å². The lowest BCUT2D eigenvalue weighted by Gasteiger charge is -2.30. The number of carbonyl (C=O) groups is 1. The van der Waals surface area contributed by atoms with E-state index in [0.29, 0.717) is 30.6 Å². The Bertz CT molecular complexity index is 750. The SMILES string of the molecule is CC1CNCCC1NC(=O)CCS(=O)(=O)c1ccc2c(c1)OCCCO2. The summed E-state index contributed by atoms with van der Waals surface area (Å²) < 4.78 is 36.2. The van der Waals surface area contributed by atoms with Crippen molar-refractivity contribution in [2.24, 2.45) is 5.92 Å². The third-order valence-electron chi connectivity index (χ3n) is 4.81. The van der Waals surface area contributed by atoms with Crippen molar-refractivity contribution in [2.75, 3.05) is 32.1 Å². The average molecular weight is 382 g/mol. The van der Waals surface area contributed by atoms with Gasteiger partial charge in [0.25, 0.3) is 0 Å². The fraction of sp³-hybridized carbons (Fsp3) is 0.611. The van der Waals surface area contributed by atoms with Crippen molar-refractivity contribution in [1.29, 1.82) is 0 Å². The lowest BCUT2D eigenvalue weighted by Crippen LogP contribution is -2.48. The highest BCUT2D eigenvalue weighted by Crippen LogP contribution is 2.32. The highest BCUT2D eigenvalue weighted by molar-refractivity contribution is 7.91. The molecule has 0 spiro atoms. The van der Waals surface area contributed by atoms with E-state index < -0.39 is 9.84 Å². The van der Waals surface area contributed by atoms with E-state index in [2.05, 4.69) is 17.6 Å². The highest BCUT2D eigenvalue weighted by atomic mass is 32.2. The van der Waals surface area contributed by atoms with Gasteiger partial charge in [-0.3, -0.25) is 4.79 Å². The van der Waals surface area contributed by atoms with Crippen LogP contribution in [0.4, 0.5) is 0 Å². The number of sulfone groups is 1. The highest BCUT2D eigenvalue weighted by Gasteiger charge is 2.24. The number of piperidine rings is 1. The van der Waals surface area contributed by atoms with Crippen LogP contribution >= 0.6 is 0 Å². The number of benzene rings is 1. The van der Waals surface area contributed by atoms with Crippen LogP contribution in [0, 0.1) is 5.92 Å². The Balaban J connectivity index is 1.60. The Morgan fingerprint density at radius 3 is 2.81 bits per heavy atom. The van der Waals surface area contributed by atoms with Gasteiger partial charge in [-0.1, -0.05) is 6.92 Å². The first kappa shape index (κ1) is 19.0. The average Bonchev–Trinajstić information content (AvgIpc) is 2.87. The molecule has 2 unspecified atom stereocenters. The molecule has 7 nitrogen and oxygen atoms in total. The molecular formula is C18H26N2O5S. The molecule has 3 rings (SSSR count). The summed E-state index contributed by atoms with van der Waals surface area (Å²) in [7, 11) is -3.56. The standard InChI is InChI=1S/C18H26N2O5S/c1-13-12-19-7-5-15(13)20-18(21)6-10-26(22,23)14-3-4-16-17(11-14)25-9-2-8-24-16/h3-4,11,13,15,19H,2,5-10,12H2,1H3,(H,20,21). The van der Waals surface area contributed by atoms with Crippen molar-refractivity contribution in [3.63, 3.8) is 0 Å². The summed E-state index contributed by atoms with van der Waals surface area (Å²) in [5, 5.41) is 6.24. The molecule has 8 heteroatoms. The van der Waals surface area contributed by atoms with Crippen LogP contribution in [0.3, 0.4) is 0 Å². The van der Waals surface area contributed by atoms with Gasteiger partial charge in [-0.05, 0) is 37.6 Å². The summed E-state index contributed by atoms with van der Waals surface area (Å²) >= 11 is 0. The Hall–Kier alpha value is -1.80. The number of nitrogens with one attached hydrogen (secondary N) is 2. The van der Waals surface area contributed by atoms with E-state index in [0.717, 1.165) is 25.9 Å². The molecule has 2 atom stereocenters. The Morgan fingerprint density at radius 1 is 1.27 bits per heavy atom. The molecule has 0 bridgehead atoms. The first-order valence-corrected chi connectivity index (χ1v) is 10.7. The summed E-state index contributed by atoms with van der Waals surface area (Å²) in [6.07, 6.45) is 1.57. The zero-order chi connectivity index (χ0) is 18.6. The second-order valence-corrected chi connectivity index (χ2v) is 8.98. The van der Waals surface area contributed by atoms with Crippen molar-refractivity contribution in [2.45, 2.75) is 37.1 Å². The van der Waals surface area contributed by atoms with Gasteiger partial charge in [0.05, 0.1) is 23.9 Å². The number of hydrogen-bond acceptors (Lipinski definition) is 6. The molecule has 0 aliphatic carbocycles. The number of hydrogen-bond donors (Lipinski definition) is 2. The Morgan fingerprint density at radius 2 is 2.04 bits per heavy atom. The van der Waals surface area contributed by atoms with E-state index >= 15 is 0 Å². The number of amides is 1. The van der Waals surface area contributed by atoms with Gasteiger partial charge in [0.2, 0.25) is 5.91 Å². The molecule has 1 aromatic rings. The third-order valence-corrected chi connectivity index (χ3v) is 6.52. The van der Waals surface area contributed by atoms with E-state index in [4.69, 9.17) is 9.47 Å². The van der Waals surface area contributed by atoms with E-state index in [9.17, 15) is 13.2 Å². The molecule has 2 aliphatic heterocycles. The molecule has 2 N–H and O–H groups in total. The lowest BCUT2D eigenvalue weighted by molar-refractivity contribution is -0.121. The first-order valence-electron chi connectivity index (χ1n) is 9.08. The van der Waals surface area contributed by atoms with Crippen LogP contribution < -0.4 is 20.1 Å². The topological polar surface area (TPSA) is 93.7 Å². The van der Waals surface area contributed by atoms with Gasteiger partial charge in [0.1, 0.15) is 0 Å². The Kier molecular flexibility index (Phi) is 6.03. The molecule has 0 saturated carbocycles. The molecule has 1 saturated heterocycles. The maximum absolute atomic E-state index is 12.6. The molecule has 2 heterocycles. The van der Waals surface area contributed by atoms with Gasteiger partial charge >= 0.3 is 0 Å². The van der Waals surface area contributed by atoms with E-state index in [1.165, 1.54) is 12.1 Å². The van der Waals surface area contributed by atoms with Gasteiger partial charge in [-0.25, -0.2) is 8.42 Å². The monoisotopic (exact) mass is 382 g/mol. The van der Waals surface area contributed by atoms with Crippen LogP contribution in [0.15, 0.2) is 23.1 Å². The number of carbonyl (C=O) groups excluding carboxylic acids is 1. The lowest BCUT2D eigenvalue weighted by atomic mass is 9.95. The maximum atomic E-state index is 12.6.